The lowest BCUT2D eigenvalue weighted by Crippen LogP contribution is -2.52. The van der Waals surface area contributed by atoms with Crippen LogP contribution in [0.3, 0.4) is 0 Å². The van der Waals surface area contributed by atoms with Gasteiger partial charge in [0.05, 0.1) is 5.02 Å². The third-order valence-electron chi connectivity index (χ3n) is 4.26. The molecule has 1 fully saturated rings. The number of hydrogen-bond acceptors (Lipinski definition) is 3. The van der Waals surface area contributed by atoms with Crippen molar-refractivity contribution >= 4 is 23.2 Å². The molecule has 1 heterocycles. The Morgan fingerprint density at radius 2 is 1.80 bits per heavy atom. The van der Waals surface area contributed by atoms with Crippen LogP contribution in [0.15, 0.2) is 48.5 Å². The van der Waals surface area contributed by atoms with E-state index in [2.05, 4.69) is 17.0 Å². The molecule has 0 aromatic heterocycles. The number of carbonyl (C=O) groups is 1. The number of piperazine rings is 1. The topological polar surface area (TPSA) is 32.8 Å². The number of carbonyl (C=O) groups excluding carboxylic acids is 1. The normalized spacial score (nSPS) is 15.8. The van der Waals surface area contributed by atoms with Crippen molar-refractivity contribution in [2.24, 2.45) is 0 Å². The maximum absolute atomic E-state index is 13.1. The molecule has 0 bridgehead atoms. The lowest BCUT2D eigenvalue weighted by molar-refractivity contribution is -0.138. The summed E-state index contributed by atoms with van der Waals surface area (Å²) in [6.45, 7) is 4.52. The van der Waals surface area contributed by atoms with Gasteiger partial charge in [-0.05, 0) is 37.3 Å². The summed E-state index contributed by atoms with van der Waals surface area (Å²) >= 11 is 5.95. The van der Waals surface area contributed by atoms with Crippen LogP contribution in [0.4, 0.5) is 10.1 Å². The van der Waals surface area contributed by atoms with Crippen LogP contribution in [0.1, 0.15) is 6.92 Å². The zero-order chi connectivity index (χ0) is 17.8. The molecular formula is C19H20ClFN2O2. The minimum Gasteiger partial charge on any atom is -0.479 e. The summed E-state index contributed by atoms with van der Waals surface area (Å²) < 4.78 is 18.7. The second-order valence-electron chi connectivity index (χ2n) is 5.98. The number of para-hydroxylation sites is 1. The van der Waals surface area contributed by atoms with Gasteiger partial charge in [-0.15, -0.1) is 0 Å². The molecular weight excluding hydrogens is 343 g/mol. The van der Waals surface area contributed by atoms with Gasteiger partial charge >= 0.3 is 0 Å². The van der Waals surface area contributed by atoms with Crippen molar-refractivity contribution in [2.75, 3.05) is 31.1 Å². The Bertz CT molecular complexity index is 733. The molecule has 1 saturated heterocycles. The summed E-state index contributed by atoms with van der Waals surface area (Å²) in [6.07, 6.45) is -0.675. The SMILES string of the molecule is C[C@@H](Oc1ccc(F)cc1Cl)C(=O)N1CCN(c2ccccc2)CC1. The van der Waals surface area contributed by atoms with Gasteiger partial charge in [0.1, 0.15) is 11.6 Å². The third kappa shape index (κ3) is 4.23. The van der Waals surface area contributed by atoms with E-state index in [1.54, 1.807) is 11.8 Å². The van der Waals surface area contributed by atoms with Gasteiger partial charge in [0.2, 0.25) is 0 Å². The third-order valence-corrected chi connectivity index (χ3v) is 4.55. The highest BCUT2D eigenvalue weighted by molar-refractivity contribution is 6.32. The summed E-state index contributed by atoms with van der Waals surface area (Å²) in [5, 5.41) is 0.161. The van der Waals surface area contributed by atoms with Crippen LogP contribution in [0, 0.1) is 5.82 Å². The number of nitrogens with zero attached hydrogens (tertiary/aromatic N) is 2. The van der Waals surface area contributed by atoms with Crippen LogP contribution in [-0.4, -0.2) is 43.1 Å². The van der Waals surface area contributed by atoms with Gasteiger partial charge in [-0.25, -0.2) is 4.39 Å². The van der Waals surface area contributed by atoms with Crippen molar-refractivity contribution in [2.45, 2.75) is 13.0 Å². The van der Waals surface area contributed by atoms with Crippen molar-refractivity contribution in [3.8, 4) is 5.75 Å². The summed E-state index contributed by atoms with van der Waals surface area (Å²) in [5.41, 5.74) is 1.16. The highest BCUT2D eigenvalue weighted by atomic mass is 35.5. The average Bonchev–Trinajstić information content (AvgIpc) is 2.64. The summed E-state index contributed by atoms with van der Waals surface area (Å²) in [7, 11) is 0. The van der Waals surface area contributed by atoms with Gasteiger partial charge in [-0.1, -0.05) is 29.8 Å². The van der Waals surface area contributed by atoms with Crippen molar-refractivity contribution in [1.82, 2.24) is 4.90 Å². The largest absolute Gasteiger partial charge is 0.479 e. The summed E-state index contributed by atoms with van der Waals surface area (Å²) in [5.74, 6) is -0.215. The predicted octanol–water partition coefficient (Wildman–Crippen LogP) is 3.60. The number of amides is 1. The average molecular weight is 363 g/mol. The molecule has 0 aliphatic carbocycles. The van der Waals surface area contributed by atoms with E-state index >= 15 is 0 Å². The molecule has 2 aromatic rings. The van der Waals surface area contributed by atoms with Crippen LogP contribution in [0.2, 0.25) is 5.02 Å². The first-order valence-corrected chi connectivity index (χ1v) is 8.63. The summed E-state index contributed by atoms with van der Waals surface area (Å²) in [4.78, 5) is 16.6. The van der Waals surface area contributed by atoms with Crippen LogP contribution < -0.4 is 9.64 Å². The minimum atomic E-state index is -0.675. The standard InChI is InChI=1S/C19H20ClFN2O2/c1-14(25-18-8-7-15(21)13-17(18)20)19(24)23-11-9-22(10-12-23)16-5-3-2-4-6-16/h2-8,13-14H,9-12H2,1H3/t14-/m1/s1. The molecule has 3 rings (SSSR count). The number of rotatable bonds is 4. The molecule has 0 saturated carbocycles. The second-order valence-corrected chi connectivity index (χ2v) is 6.39. The Morgan fingerprint density at radius 1 is 1.12 bits per heavy atom. The molecule has 6 heteroatoms. The molecule has 0 unspecified atom stereocenters. The minimum absolute atomic E-state index is 0.0897. The molecule has 1 aliphatic rings. The molecule has 1 atom stereocenters. The van der Waals surface area contributed by atoms with Crippen LogP contribution in [0.25, 0.3) is 0 Å². The number of benzene rings is 2. The Morgan fingerprint density at radius 3 is 2.44 bits per heavy atom. The van der Waals surface area contributed by atoms with Gasteiger partial charge in [0.25, 0.3) is 5.91 Å². The molecule has 132 valence electrons. The molecule has 0 spiro atoms. The van der Waals surface area contributed by atoms with E-state index in [9.17, 15) is 9.18 Å². The molecule has 2 aromatic carbocycles. The monoisotopic (exact) mass is 362 g/mol. The number of halogens is 2. The summed E-state index contributed by atoms with van der Waals surface area (Å²) in [6, 6.07) is 14.0. The van der Waals surface area contributed by atoms with Crippen LogP contribution in [0.5, 0.6) is 5.75 Å². The maximum atomic E-state index is 13.1. The van der Waals surface area contributed by atoms with E-state index in [4.69, 9.17) is 16.3 Å². The van der Waals surface area contributed by atoms with Crippen LogP contribution in [-0.2, 0) is 4.79 Å². The van der Waals surface area contributed by atoms with Gasteiger partial charge in [-0.2, -0.15) is 0 Å². The van der Waals surface area contributed by atoms with E-state index in [-0.39, 0.29) is 10.9 Å². The van der Waals surface area contributed by atoms with Crippen molar-refractivity contribution in [3.05, 3.63) is 59.4 Å². The molecule has 0 radical (unpaired) electrons. The highest BCUT2D eigenvalue weighted by Gasteiger charge is 2.26. The number of hydrogen-bond donors (Lipinski definition) is 0. The first-order chi connectivity index (χ1) is 12.0. The Labute approximate surface area is 151 Å². The van der Waals surface area contributed by atoms with Gasteiger partial charge in [-0.3, -0.25) is 4.79 Å². The predicted molar refractivity (Wildman–Crippen MR) is 96.7 cm³/mol. The Kier molecular flexibility index (Phi) is 5.43. The fourth-order valence-corrected chi connectivity index (χ4v) is 3.10. The molecule has 0 N–H and O–H groups in total. The Balaban J connectivity index is 1.56. The van der Waals surface area contributed by atoms with Crippen LogP contribution >= 0.6 is 11.6 Å². The zero-order valence-electron chi connectivity index (χ0n) is 14.0. The van der Waals surface area contributed by atoms with Gasteiger partial charge < -0.3 is 14.5 Å². The van der Waals surface area contributed by atoms with Crippen molar-refractivity contribution in [3.63, 3.8) is 0 Å². The van der Waals surface area contributed by atoms with Crippen molar-refractivity contribution in [1.29, 1.82) is 0 Å². The first kappa shape index (κ1) is 17.5. The maximum Gasteiger partial charge on any atom is 0.263 e. The Hall–Kier alpha value is -2.27. The molecule has 4 nitrogen and oxygen atoms in total. The fourth-order valence-electron chi connectivity index (χ4n) is 2.89. The smallest absolute Gasteiger partial charge is 0.263 e. The zero-order valence-corrected chi connectivity index (χ0v) is 14.7. The lowest BCUT2D eigenvalue weighted by atomic mass is 10.2. The first-order valence-electron chi connectivity index (χ1n) is 8.25. The van der Waals surface area contributed by atoms with E-state index in [0.29, 0.717) is 18.8 Å². The number of anilines is 1. The lowest BCUT2D eigenvalue weighted by Gasteiger charge is -2.37. The molecule has 1 aliphatic heterocycles. The number of ether oxygens (including phenoxy) is 1. The quantitative estimate of drug-likeness (QED) is 0.833. The molecule has 1 amide bonds. The second kappa shape index (κ2) is 7.74. The molecule has 25 heavy (non-hydrogen) atoms. The van der Waals surface area contributed by atoms with E-state index in [1.807, 2.05) is 18.2 Å². The highest BCUT2D eigenvalue weighted by Crippen LogP contribution is 2.26. The van der Waals surface area contributed by atoms with Crippen molar-refractivity contribution < 1.29 is 13.9 Å². The van der Waals surface area contributed by atoms with E-state index in [1.165, 1.54) is 18.2 Å². The van der Waals surface area contributed by atoms with Gasteiger partial charge in [0.15, 0.2) is 6.10 Å². The van der Waals surface area contributed by atoms with E-state index in [0.717, 1.165) is 18.8 Å². The fraction of sp³-hybridized carbons (Fsp3) is 0.316. The van der Waals surface area contributed by atoms with E-state index < -0.39 is 11.9 Å². The van der Waals surface area contributed by atoms with Gasteiger partial charge in [0, 0.05) is 31.9 Å².